The molecule has 0 fully saturated rings. The van der Waals surface area contributed by atoms with Crippen LogP contribution >= 0.6 is 0 Å². The predicted molar refractivity (Wildman–Crippen MR) is 72.7 cm³/mol. The van der Waals surface area contributed by atoms with Crippen molar-refractivity contribution in [3.8, 4) is 5.75 Å². The highest BCUT2D eigenvalue weighted by molar-refractivity contribution is 6.34. The number of aryl methyl sites for hydroxylation is 1. The van der Waals surface area contributed by atoms with Gasteiger partial charge in [0.2, 0.25) is 0 Å². The zero-order valence-electron chi connectivity index (χ0n) is 10.6. The van der Waals surface area contributed by atoms with E-state index in [-0.39, 0.29) is 11.9 Å². The molecule has 0 spiro atoms. The lowest BCUT2D eigenvalue weighted by Gasteiger charge is -2.17. The third-order valence-corrected chi connectivity index (χ3v) is 3.53. The van der Waals surface area contributed by atoms with Gasteiger partial charge in [0, 0.05) is 6.07 Å². The monoisotopic (exact) mass is 258 g/mol. The summed E-state index contributed by atoms with van der Waals surface area (Å²) in [6, 6.07) is 10.2. The zero-order valence-corrected chi connectivity index (χ0v) is 10.6. The summed E-state index contributed by atoms with van der Waals surface area (Å²) in [5.41, 5.74) is 2.83. The fourth-order valence-corrected chi connectivity index (χ4v) is 2.62. The van der Waals surface area contributed by atoms with E-state index in [9.17, 15) is 8.78 Å². The van der Waals surface area contributed by atoms with E-state index < -0.39 is 11.6 Å². The van der Waals surface area contributed by atoms with E-state index in [1.165, 1.54) is 11.6 Å². The predicted octanol–water partition coefficient (Wildman–Crippen LogP) is 2.29. The fourth-order valence-electron chi connectivity index (χ4n) is 2.62. The van der Waals surface area contributed by atoms with Crippen LogP contribution in [-0.2, 0) is 6.42 Å². The van der Waals surface area contributed by atoms with Crippen LogP contribution in [0.25, 0.3) is 0 Å². The van der Waals surface area contributed by atoms with E-state index in [2.05, 4.69) is 6.07 Å². The average Bonchev–Trinajstić information content (AvgIpc) is 2.77. The molecule has 0 N–H and O–H groups in total. The molecule has 0 amide bonds. The summed E-state index contributed by atoms with van der Waals surface area (Å²) in [6.07, 6.45) is 1.62. The van der Waals surface area contributed by atoms with Crippen molar-refractivity contribution >= 4 is 13.3 Å². The number of fused-ring (bicyclic) bond motifs is 1. The lowest BCUT2D eigenvalue weighted by molar-refractivity contribution is 0.200. The number of ether oxygens (including phenoxy) is 1. The molecule has 4 heteroatoms. The van der Waals surface area contributed by atoms with Crippen molar-refractivity contribution in [2.45, 2.75) is 18.9 Å². The third-order valence-electron chi connectivity index (χ3n) is 3.53. The second-order valence-electron chi connectivity index (χ2n) is 4.88. The molecule has 0 bridgehead atoms. The molecule has 19 heavy (non-hydrogen) atoms. The Kier molecular flexibility index (Phi) is 3.01. The molecule has 0 radical (unpaired) electrons. The van der Waals surface area contributed by atoms with Gasteiger partial charge < -0.3 is 4.74 Å². The lowest BCUT2D eigenvalue weighted by atomic mass is 9.94. The fraction of sp³-hybridized carbons (Fsp3) is 0.200. The van der Waals surface area contributed by atoms with Gasteiger partial charge in [-0.1, -0.05) is 24.3 Å². The van der Waals surface area contributed by atoms with E-state index in [0.717, 1.165) is 24.5 Å². The average molecular weight is 258 g/mol. The maximum Gasteiger partial charge on any atom is 0.167 e. The van der Waals surface area contributed by atoms with E-state index in [1.54, 1.807) is 7.85 Å². The van der Waals surface area contributed by atoms with E-state index >= 15 is 0 Å². The normalized spacial score (nSPS) is 17.3. The molecular weight excluding hydrogens is 245 g/mol. The van der Waals surface area contributed by atoms with Crippen LogP contribution in [0.1, 0.15) is 23.7 Å². The minimum atomic E-state index is -0.637. The Morgan fingerprint density at radius 3 is 2.74 bits per heavy atom. The Hall–Kier alpha value is -1.84. The van der Waals surface area contributed by atoms with Gasteiger partial charge in [-0.25, -0.2) is 8.78 Å². The Morgan fingerprint density at radius 1 is 1.16 bits per heavy atom. The van der Waals surface area contributed by atoms with Crippen LogP contribution in [0.5, 0.6) is 5.75 Å². The first kappa shape index (κ1) is 12.2. The van der Waals surface area contributed by atoms with Crippen LogP contribution in [0.4, 0.5) is 8.78 Å². The topological polar surface area (TPSA) is 9.23 Å². The van der Waals surface area contributed by atoms with E-state index in [0.29, 0.717) is 5.46 Å². The van der Waals surface area contributed by atoms with Crippen molar-refractivity contribution in [3.05, 3.63) is 59.2 Å². The van der Waals surface area contributed by atoms with Gasteiger partial charge >= 0.3 is 0 Å². The minimum absolute atomic E-state index is 0.144. The first-order valence-electron chi connectivity index (χ1n) is 6.35. The van der Waals surface area contributed by atoms with Crippen molar-refractivity contribution in [1.29, 1.82) is 0 Å². The van der Waals surface area contributed by atoms with Crippen molar-refractivity contribution < 1.29 is 13.5 Å². The maximum absolute atomic E-state index is 13.8. The summed E-state index contributed by atoms with van der Waals surface area (Å²) in [5.74, 6) is -1.06. The molecule has 1 nitrogen and oxygen atoms in total. The minimum Gasteiger partial charge on any atom is -0.483 e. The van der Waals surface area contributed by atoms with Gasteiger partial charge in [-0.3, -0.25) is 0 Å². The Morgan fingerprint density at radius 2 is 1.95 bits per heavy atom. The number of rotatable bonds is 2. The highest BCUT2D eigenvalue weighted by Gasteiger charge is 2.25. The Balaban J connectivity index is 1.92. The van der Waals surface area contributed by atoms with Crippen LogP contribution in [0, 0.1) is 11.6 Å². The standard InChI is InChI=1S/C15H13BF2O/c16-12-7-10(17)8-13(18)15(12)19-14-6-5-9-3-1-2-4-11(9)14/h1-4,7-8,14H,5-6,16H2/t14-/m0/s1. The molecule has 1 aliphatic rings. The maximum atomic E-state index is 13.8. The largest absolute Gasteiger partial charge is 0.483 e. The first-order valence-corrected chi connectivity index (χ1v) is 6.35. The molecule has 2 aromatic rings. The number of hydrogen-bond donors (Lipinski definition) is 0. The molecule has 0 saturated carbocycles. The quantitative estimate of drug-likeness (QED) is 0.751. The SMILES string of the molecule is Bc1cc(F)cc(F)c1O[C@H]1CCc2ccccc21. The van der Waals surface area contributed by atoms with Crippen molar-refractivity contribution in [2.24, 2.45) is 0 Å². The van der Waals surface area contributed by atoms with Gasteiger partial charge in [-0.05, 0) is 35.5 Å². The Bertz CT molecular complexity index is 604. The molecule has 0 unspecified atom stereocenters. The number of benzene rings is 2. The van der Waals surface area contributed by atoms with Crippen LogP contribution in [0.3, 0.4) is 0 Å². The van der Waals surface area contributed by atoms with Crippen LogP contribution in [0.2, 0.25) is 0 Å². The molecule has 96 valence electrons. The second kappa shape index (κ2) is 4.69. The summed E-state index contributed by atoms with van der Waals surface area (Å²) in [6.45, 7) is 0. The highest BCUT2D eigenvalue weighted by atomic mass is 19.1. The molecule has 3 rings (SSSR count). The number of hydrogen-bond acceptors (Lipinski definition) is 1. The summed E-state index contributed by atoms with van der Waals surface area (Å²) < 4.78 is 32.6. The van der Waals surface area contributed by atoms with Crippen LogP contribution in [-0.4, -0.2) is 7.85 Å². The third kappa shape index (κ3) is 2.23. The number of halogens is 2. The van der Waals surface area contributed by atoms with Gasteiger partial charge in [0.05, 0.1) is 0 Å². The van der Waals surface area contributed by atoms with Crippen LogP contribution in [0.15, 0.2) is 36.4 Å². The molecule has 0 saturated heterocycles. The van der Waals surface area contributed by atoms with Crippen LogP contribution < -0.4 is 10.2 Å². The molecule has 1 atom stereocenters. The van der Waals surface area contributed by atoms with Crippen molar-refractivity contribution in [1.82, 2.24) is 0 Å². The first-order chi connectivity index (χ1) is 9.15. The summed E-state index contributed by atoms with van der Waals surface area (Å²) in [7, 11) is 1.66. The summed E-state index contributed by atoms with van der Waals surface area (Å²) in [4.78, 5) is 0. The molecule has 0 aromatic heterocycles. The molecule has 2 aromatic carbocycles. The van der Waals surface area contributed by atoms with Gasteiger partial charge in [0.15, 0.2) is 5.82 Å². The van der Waals surface area contributed by atoms with E-state index in [1.807, 2.05) is 18.2 Å². The smallest absolute Gasteiger partial charge is 0.167 e. The van der Waals surface area contributed by atoms with Crippen molar-refractivity contribution in [2.75, 3.05) is 0 Å². The van der Waals surface area contributed by atoms with Crippen molar-refractivity contribution in [3.63, 3.8) is 0 Å². The van der Waals surface area contributed by atoms with Gasteiger partial charge in [0.1, 0.15) is 25.5 Å². The molecule has 0 heterocycles. The molecular formula is C15H13BF2O. The lowest BCUT2D eigenvalue weighted by Crippen LogP contribution is -2.15. The highest BCUT2D eigenvalue weighted by Crippen LogP contribution is 2.34. The second-order valence-corrected chi connectivity index (χ2v) is 4.88. The van der Waals surface area contributed by atoms with Gasteiger partial charge in [-0.15, -0.1) is 0 Å². The van der Waals surface area contributed by atoms with Gasteiger partial charge in [0.25, 0.3) is 0 Å². The summed E-state index contributed by atoms with van der Waals surface area (Å²) in [5, 5.41) is 0. The van der Waals surface area contributed by atoms with E-state index in [4.69, 9.17) is 4.74 Å². The Labute approximate surface area is 111 Å². The van der Waals surface area contributed by atoms with Gasteiger partial charge in [-0.2, -0.15) is 0 Å². The summed E-state index contributed by atoms with van der Waals surface area (Å²) >= 11 is 0. The zero-order chi connectivity index (χ0) is 13.4. The molecule has 0 aliphatic heterocycles. The molecule has 1 aliphatic carbocycles.